The van der Waals surface area contributed by atoms with Gasteiger partial charge in [-0.3, -0.25) is 4.79 Å². The molecule has 2 aliphatic rings. The highest BCUT2D eigenvalue weighted by molar-refractivity contribution is 6.00. The first kappa shape index (κ1) is 22.1. The molecule has 0 unspecified atom stereocenters. The number of alkyl halides is 3. The molecule has 0 aromatic heterocycles. The molecular weight excluding hydrogens is 377 g/mol. The normalized spacial score (nSPS) is 28.6. The SMILES string of the molecule is COCC=CC1CCC(C2CCC(c3ccc(C(=O)C(F)(F)F)cc3)CC2)CC1. The lowest BCUT2D eigenvalue weighted by molar-refractivity contribution is -0.0885. The van der Waals surface area contributed by atoms with Gasteiger partial charge in [0, 0.05) is 12.7 Å². The molecule has 0 saturated heterocycles. The molecule has 5 heteroatoms. The highest BCUT2D eigenvalue weighted by Gasteiger charge is 2.39. The summed E-state index contributed by atoms with van der Waals surface area (Å²) in [5, 5.41) is 0. The Morgan fingerprint density at radius 1 is 0.966 bits per heavy atom. The van der Waals surface area contributed by atoms with Crippen LogP contribution in [0.15, 0.2) is 36.4 Å². The van der Waals surface area contributed by atoms with Gasteiger partial charge >= 0.3 is 6.18 Å². The second-order valence-corrected chi connectivity index (χ2v) is 8.62. The van der Waals surface area contributed by atoms with Crippen molar-refractivity contribution in [3.8, 4) is 0 Å². The van der Waals surface area contributed by atoms with Gasteiger partial charge in [-0.05, 0) is 80.6 Å². The molecule has 2 aliphatic carbocycles. The molecule has 160 valence electrons. The average Bonchev–Trinajstić information content (AvgIpc) is 2.73. The van der Waals surface area contributed by atoms with Gasteiger partial charge in [0.05, 0.1) is 6.61 Å². The van der Waals surface area contributed by atoms with E-state index in [2.05, 4.69) is 12.2 Å². The molecular formula is C24H31F3O2. The first-order valence-electron chi connectivity index (χ1n) is 10.8. The summed E-state index contributed by atoms with van der Waals surface area (Å²) in [5.74, 6) is 0.918. The Labute approximate surface area is 171 Å². The van der Waals surface area contributed by atoms with Gasteiger partial charge in [0.1, 0.15) is 0 Å². The maximum absolute atomic E-state index is 12.6. The lowest BCUT2D eigenvalue weighted by Crippen LogP contribution is -2.25. The number of hydrogen-bond acceptors (Lipinski definition) is 2. The maximum Gasteiger partial charge on any atom is 0.454 e. The third kappa shape index (κ3) is 5.94. The Hall–Kier alpha value is -1.62. The van der Waals surface area contributed by atoms with E-state index in [4.69, 9.17) is 4.74 Å². The van der Waals surface area contributed by atoms with E-state index in [1.54, 1.807) is 19.2 Å². The number of allylic oxidation sites excluding steroid dienone is 1. The van der Waals surface area contributed by atoms with Crippen molar-refractivity contribution in [3.05, 3.63) is 47.5 Å². The molecule has 0 bridgehead atoms. The van der Waals surface area contributed by atoms with Gasteiger partial charge in [0.15, 0.2) is 0 Å². The van der Waals surface area contributed by atoms with Crippen LogP contribution in [0.5, 0.6) is 0 Å². The number of benzene rings is 1. The van der Waals surface area contributed by atoms with Crippen molar-refractivity contribution < 1.29 is 22.7 Å². The van der Waals surface area contributed by atoms with Gasteiger partial charge in [-0.15, -0.1) is 0 Å². The van der Waals surface area contributed by atoms with Crippen LogP contribution >= 0.6 is 0 Å². The molecule has 2 saturated carbocycles. The van der Waals surface area contributed by atoms with Gasteiger partial charge in [-0.1, -0.05) is 36.4 Å². The molecule has 0 aliphatic heterocycles. The summed E-state index contributed by atoms with van der Waals surface area (Å²) >= 11 is 0. The number of halogens is 3. The summed E-state index contributed by atoms with van der Waals surface area (Å²) < 4.78 is 42.7. The molecule has 1 aromatic carbocycles. The van der Waals surface area contributed by atoms with E-state index < -0.39 is 12.0 Å². The van der Waals surface area contributed by atoms with Crippen LogP contribution in [0.2, 0.25) is 0 Å². The van der Waals surface area contributed by atoms with Gasteiger partial charge in [0.25, 0.3) is 5.78 Å². The van der Waals surface area contributed by atoms with Crippen molar-refractivity contribution in [3.63, 3.8) is 0 Å². The van der Waals surface area contributed by atoms with E-state index in [-0.39, 0.29) is 5.56 Å². The minimum Gasteiger partial charge on any atom is -0.381 e. The summed E-state index contributed by atoms with van der Waals surface area (Å²) in [6.45, 7) is 0.690. The van der Waals surface area contributed by atoms with Gasteiger partial charge in [-0.25, -0.2) is 0 Å². The Bertz CT molecular complexity index is 677. The number of methoxy groups -OCH3 is 1. The molecule has 0 spiro atoms. The topological polar surface area (TPSA) is 26.3 Å². The highest BCUT2D eigenvalue weighted by Crippen LogP contribution is 2.44. The van der Waals surface area contributed by atoms with E-state index in [1.807, 2.05) is 0 Å². The molecule has 29 heavy (non-hydrogen) atoms. The Balaban J connectivity index is 1.47. The van der Waals surface area contributed by atoms with E-state index in [9.17, 15) is 18.0 Å². The number of Topliss-reactive ketones (excluding diaryl/α,β-unsaturated/α-hetero) is 1. The molecule has 0 radical (unpaired) electrons. The lowest BCUT2D eigenvalue weighted by Gasteiger charge is -2.37. The molecule has 2 fully saturated rings. The molecule has 0 amide bonds. The van der Waals surface area contributed by atoms with Crippen LogP contribution in [0.3, 0.4) is 0 Å². The summed E-state index contributed by atoms with van der Waals surface area (Å²) in [6, 6.07) is 6.08. The molecule has 3 rings (SSSR count). The van der Waals surface area contributed by atoms with E-state index in [1.165, 1.54) is 50.7 Å². The maximum atomic E-state index is 12.6. The van der Waals surface area contributed by atoms with Crippen molar-refractivity contribution in [2.75, 3.05) is 13.7 Å². The largest absolute Gasteiger partial charge is 0.454 e. The number of rotatable bonds is 6. The third-order valence-corrected chi connectivity index (χ3v) is 6.83. The van der Waals surface area contributed by atoms with Crippen LogP contribution in [0, 0.1) is 17.8 Å². The molecule has 0 heterocycles. The van der Waals surface area contributed by atoms with Gasteiger partial charge in [-0.2, -0.15) is 13.2 Å². The number of carbonyl (C=O) groups excluding carboxylic acids is 1. The smallest absolute Gasteiger partial charge is 0.381 e. The molecule has 0 N–H and O–H groups in total. The van der Waals surface area contributed by atoms with E-state index in [0.29, 0.717) is 18.4 Å². The van der Waals surface area contributed by atoms with Crippen LogP contribution in [0.4, 0.5) is 13.2 Å². The number of ether oxygens (including phenoxy) is 1. The second-order valence-electron chi connectivity index (χ2n) is 8.62. The zero-order valence-electron chi connectivity index (χ0n) is 17.1. The Morgan fingerprint density at radius 2 is 1.52 bits per heavy atom. The minimum atomic E-state index is -4.81. The second kappa shape index (κ2) is 9.92. The van der Waals surface area contributed by atoms with Crippen molar-refractivity contribution >= 4 is 5.78 Å². The standard InChI is InChI=1S/C24H31F3O2/c1-29-16-2-3-17-4-6-18(7-5-17)19-8-10-20(11-9-19)21-12-14-22(15-13-21)23(28)24(25,26)27/h2-3,12-15,17-20H,4-11,16H2,1H3. The highest BCUT2D eigenvalue weighted by atomic mass is 19.4. The van der Waals surface area contributed by atoms with Crippen molar-refractivity contribution in [1.82, 2.24) is 0 Å². The predicted octanol–water partition coefficient (Wildman–Crippen LogP) is 6.71. The fraction of sp³-hybridized carbons (Fsp3) is 0.625. The number of carbonyl (C=O) groups is 1. The van der Waals surface area contributed by atoms with E-state index in [0.717, 1.165) is 30.2 Å². The van der Waals surface area contributed by atoms with Crippen molar-refractivity contribution in [1.29, 1.82) is 0 Å². The predicted molar refractivity (Wildman–Crippen MR) is 108 cm³/mol. The monoisotopic (exact) mass is 408 g/mol. The quantitative estimate of drug-likeness (QED) is 0.386. The zero-order valence-corrected chi connectivity index (χ0v) is 17.1. The Kier molecular flexibility index (Phi) is 7.55. The fourth-order valence-electron chi connectivity index (χ4n) is 5.15. The summed E-state index contributed by atoms with van der Waals surface area (Å²) in [6.07, 6.45) is 9.32. The first-order chi connectivity index (χ1) is 13.9. The summed E-state index contributed by atoms with van der Waals surface area (Å²) in [4.78, 5) is 11.3. The van der Waals surface area contributed by atoms with E-state index >= 15 is 0 Å². The van der Waals surface area contributed by atoms with Gasteiger partial charge < -0.3 is 4.74 Å². The third-order valence-electron chi connectivity index (χ3n) is 6.83. The summed E-state index contributed by atoms with van der Waals surface area (Å²) in [7, 11) is 1.72. The molecule has 0 atom stereocenters. The summed E-state index contributed by atoms with van der Waals surface area (Å²) in [5.41, 5.74) is 0.792. The number of hydrogen-bond donors (Lipinski definition) is 0. The fourth-order valence-corrected chi connectivity index (χ4v) is 5.15. The Morgan fingerprint density at radius 3 is 2.03 bits per heavy atom. The first-order valence-corrected chi connectivity index (χ1v) is 10.8. The van der Waals surface area contributed by atoms with Crippen LogP contribution in [0.25, 0.3) is 0 Å². The molecule has 2 nitrogen and oxygen atoms in total. The van der Waals surface area contributed by atoms with Crippen LogP contribution in [-0.4, -0.2) is 25.7 Å². The average molecular weight is 409 g/mol. The lowest BCUT2D eigenvalue weighted by atomic mass is 9.68. The van der Waals surface area contributed by atoms with Crippen LogP contribution < -0.4 is 0 Å². The molecule has 1 aromatic rings. The zero-order chi connectivity index (χ0) is 20.9. The number of ketones is 1. The van der Waals surface area contributed by atoms with Crippen LogP contribution in [-0.2, 0) is 4.74 Å². The van der Waals surface area contributed by atoms with Gasteiger partial charge in [0.2, 0.25) is 0 Å². The van der Waals surface area contributed by atoms with Crippen molar-refractivity contribution in [2.45, 2.75) is 63.5 Å². The van der Waals surface area contributed by atoms with Crippen LogP contribution in [0.1, 0.15) is 73.2 Å². The van der Waals surface area contributed by atoms with Crippen molar-refractivity contribution in [2.24, 2.45) is 17.8 Å². The minimum absolute atomic E-state index is 0.272.